The van der Waals surface area contributed by atoms with Gasteiger partial charge in [0.25, 0.3) is 5.91 Å². The van der Waals surface area contributed by atoms with Crippen molar-refractivity contribution in [3.8, 4) is 5.88 Å². The van der Waals surface area contributed by atoms with Gasteiger partial charge in [0.15, 0.2) is 5.82 Å². The van der Waals surface area contributed by atoms with Crippen LogP contribution in [-0.2, 0) is 4.79 Å². The Bertz CT molecular complexity index is 1080. The van der Waals surface area contributed by atoms with Crippen LogP contribution in [-0.4, -0.2) is 36.2 Å². The lowest BCUT2D eigenvalue weighted by atomic mass is 10.1. The molecule has 0 radical (unpaired) electrons. The van der Waals surface area contributed by atoms with E-state index in [0.29, 0.717) is 17.3 Å². The summed E-state index contributed by atoms with van der Waals surface area (Å²) in [5.74, 6) is 0.187. The van der Waals surface area contributed by atoms with Gasteiger partial charge in [-0.3, -0.25) is 9.59 Å². The van der Waals surface area contributed by atoms with Crippen molar-refractivity contribution < 1.29 is 14.3 Å². The van der Waals surface area contributed by atoms with Crippen LogP contribution in [0.3, 0.4) is 0 Å². The molecule has 0 bridgehead atoms. The molecule has 30 heavy (non-hydrogen) atoms. The number of hydrogen-bond acceptors (Lipinski definition) is 5. The van der Waals surface area contributed by atoms with E-state index in [4.69, 9.17) is 4.74 Å². The number of rotatable bonds is 6. The number of aryl methyl sites for hydroxylation is 1. The van der Waals surface area contributed by atoms with Gasteiger partial charge in [-0.05, 0) is 54.5 Å². The zero-order valence-electron chi connectivity index (χ0n) is 17.0. The Kier molecular flexibility index (Phi) is 6.54. The first kappa shape index (κ1) is 20.7. The normalized spacial score (nSPS) is 10.6. The highest BCUT2D eigenvalue weighted by Crippen LogP contribution is 2.18. The highest BCUT2D eigenvalue weighted by molar-refractivity contribution is 6.06. The van der Waals surface area contributed by atoms with Crippen LogP contribution in [0.25, 0.3) is 6.08 Å². The van der Waals surface area contributed by atoms with Gasteiger partial charge < -0.3 is 15.0 Å². The van der Waals surface area contributed by atoms with E-state index in [9.17, 15) is 9.59 Å². The summed E-state index contributed by atoms with van der Waals surface area (Å²) in [4.78, 5) is 26.6. The maximum atomic E-state index is 12.8. The summed E-state index contributed by atoms with van der Waals surface area (Å²) in [6.07, 6.45) is 3.01. The van der Waals surface area contributed by atoms with Crippen LogP contribution in [0.1, 0.15) is 21.5 Å². The fourth-order valence-corrected chi connectivity index (χ4v) is 2.76. The number of anilines is 2. The highest BCUT2D eigenvalue weighted by Gasteiger charge is 2.13. The molecule has 7 nitrogen and oxygen atoms in total. The minimum absolute atomic E-state index is 0.131. The number of ether oxygens (including phenoxy) is 1. The second kappa shape index (κ2) is 9.47. The Labute approximate surface area is 175 Å². The Morgan fingerprint density at radius 3 is 2.53 bits per heavy atom. The molecule has 0 aliphatic rings. The highest BCUT2D eigenvalue weighted by atomic mass is 16.5. The topological polar surface area (TPSA) is 84.4 Å². The third-order valence-corrected chi connectivity index (χ3v) is 4.35. The standard InChI is InChI=1S/C23H22N4O3/c1-16-6-4-9-19(14-16)27(2)23(29)18-8-5-7-17(15-18)10-12-21(28)24-20-11-13-22(30-3)26-25-20/h4-15H,1-3H3,(H,24,25,28)/b12-10+. The summed E-state index contributed by atoms with van der Waals surface area (Å²) in [6.45, 7) is 1.98. The first-order chi connectivity index (χ1) is 14.5. The number of hydrogen-bond donors (Lipinski definition) is 1. The summed E-state index contributed by atoms with van der Waals surface area (Å²) < 4.78 is 4.93. The molecule has 0 unspecified atom stereocenters. The molecule has 1 N–H and O–H groups in total. The van der Waals surface area contributed by atoms with Gasteiger partial charge in [0.1, 0.15) is 0 Å². The molecule has 0 aliphatic carbocycles. The predicted molar refractivity (Wildman–Crippen MR) is 117 cm³/mol. The molecule has 0 spiro atoms. The number of carbonyl (C=O) groups excluding carboxylic acids is 2. The number of methoxy groups -OCH3 is 1. The lowest BCUT2D eigenvalue weighted by molar-refractivity contribution is -0.111. The maximum absolute atomic E-state index is 12.8. The average Bonchev–Trinajstić information content (AvgIpc) is 2.77. The first-order valence-corrected chi connectivity index (χ1v) is 9.28. The Hall–Kier alpha value is -4.00. The smallest absolute Gasteiger partial charge is 0.258 e. The van der Waals surface area contributed by atoms with Gasteiger partial charge in [-0.1, -0.05) is 24.3 Å². The van der Waals surface area contributed by atoms with Gasteiger partial charge in [-0.2, -0.15) is 0 Å². The summed E-state index contributed by atoms with van der Waals surface area (Å²) >= 11 is 0. The zero-order valence-corrected chi connectivity index (χ0v) is 17.0. The molecule has 3 rings (SSSR count). The van der Waals surface area contributed by atoms with E-state index in [1.54, 1.807) is 48.4 Å². The Morgan fingerprint density at radius 1 is 1.03 bits per heavy atom. The van der Waals surface area contributed by atoms with E-state index < -0.39 is 0 Å². The second-order valence-electron chi connectivity index (χ2n) is 6.61. The number of amides is 2. The zero-order chi connectivity index (χ0) is 21.5. The molecule has 2 aromatic carbocycles. The van der Waals surface area contributed by atoms with E-state index in [1.165, 1.54) is 13.2 Å². The van der Waals surface area contributed by atoms with Crippen molar-refractivity contribution in [2.75, 3.05) is 24.4 Å². The maximum Gasteiger partial charge on any atom is 0.258 e. The van der Waals surface area contributed by atoms with Crippen molar-refractivity contribution in [2.45, 2.75) is 6.92 Å². The van der Waals surface area contributed by atoms with Gasteiger partial charge in [-0.25, -0.2) is 0 Å². The van der Waals surface area contributed by atoms with Gasteiger partial charge in [0.05, 0.1) is 7.11 Å². The molecular formula is C23H22N4O3. The van der Waals surface area contributed by atoms with Crippen molar-refractivity contribution in [2.24, 2.45) is 0 Å². The summed E-state index contributed by atoms with van der Waals surface area (Å²) in [5, 5.41) is 10.3. The number of nitrogens with one attached hydrogen (secondary N) is 1. The van der Waals surface area contributed by atoms with E-state index in [-0.39, 0.29) is 11.8 Å². The molecule has 2 amide bonds. The Morgan fingerprint density at radius 2 is 1.83 bits per heavy atom. The average molecular weight is 402 g/mol. The van der Waals surface area contributed by atoms with Crippen LogP contribution in [0, 0.1) is 6.92 Å². The van der Waals surface area contributed by atoms with Crippen LogP contribution in [0.2, 0.25) is 0 Å². The van der Waals surface area contributed by atoms with Crippen LogP contribution >= 0.6 is 0 Å². The number of benzene rings is 2. The van der Waals surface area contributed by atoms with E-state index in [0.717, 1.165) is 16.8 Å². The SMILES string of the molecule is COc1ccc(NC(=O)/C=C/c2cccc(C(=O)N(C)c3cccc(C)c3)c2)nn1. The van der Waals surface area contributed by atoms with Gasteiger partial charge in [0, 0.05) is 30.4 Å². The third-order valence-electron chi connectivity index (χ3n) is 4.35. The van der Waals surface area contributed by atoms with Crippen LogP contribution < -0.4 is 15.0 Å². The molecule has 1 aromatic heterocycles. The van der Waals surface area contributed by atoms with Gasteiger partial charge in [-0.15, -0.1) is 10.2 Å². The number of carbonyl (C=O) groups is 2. The first-order valence-electron chi connectivity index (χ1n) is 9.28. The van der Waals surface area contributed by atoms with E-state index >= 15 is 0 Å². The van der Waals surface area contributed by atoms with Crippen LogP contribution in [0.15, 0.2) is 66.7 Å². The predicted octanol–water partition coefficient (Wildman–Crippen LogP) is 3.72. The molecule has 0 atom stereocenters. The Balaban J connectivity index is 1.68. The fraction of sp³-hybridized carbons (Fsp3) is 0.130. The minimum atomic E-state index is -0.358. The largest absolute Gasteiger partial charge is 0.480 e. The second-order valence-corrected chi connectivity index (χ2v) is 6.61. The molecule has 0 saturated carbocycles. The molecular weight excluding hydrogens is 380 g/mol. The van der Waals surface area contributed by atoms with Crippen LogP contribution in [0.4, 0.5) is 11.5 Å². The van der Waals surface area contributed by atoms with Crippen molar-refractivity contribution in [3.63, 3.8) is 0 Å². The van der Waals surface area contributed by atoms with Crippen LogP contribution in [0.5, 0.6) is 5.88 Å². The third kappa shape index (κ3) is 5.29. The molecule has 3 aromatic rings. The van der Waals surface area contributed by atoms with Gasteiger partial charge in [0.2, 0.25) is 11.8 Å². The molecule has 0 saturated heterocycles. The molecule has 0 fully saturated rings. The monoisotopic (exact) mass is 402 g/mol. The molecule has 1 heterocycles. The molecule has 0 aliphatic heterocycles. The van der Waals surface area contributed by atoms with Crippen molar-refractivity contribution in [1.82, 2.24) is 10.2 Å². The van der Waals surface area contributed by atoms with E-state index in [1.807, 2.05) is 37.3 Å². The summed E-state index contributed by atoms with van der Waals surface area (Å²) in [5.41, 5.74) is 3.16. The number of nitrogens with zero attached hydrogens (tertiary/aromatic N) is 3. The molecule has 152 valence electrons. The summed E-state index contributed by atoms with van der Waals surface area (Å²) in [6, 6.07) is 18.0. The van der Waals surface area contributed by atoms with Crippen molar-refractivity contribution in [3.05, 3.63) is 83.4 Å². The minimum Gasteiger partial charge on any atom is -0.480 e. The lowest BCUT2D eigenvalue weighted by Gasteiger charge is -2.18. The van der Waals surface area contributed by atoms with Gasteiger partial charge >= 0.3 is 0 Å². The number of aromatic nitrogens is 2. The lowest BCUT2D eigenvalue weighted by Crippen LogP contribution is -2.26. The fourth-order valence-electron chi connectivity index (χ4n) is 2.76. The quantitative estimate of drug-likeness (QED) is 0.635. The van der Waals surface area contributed by atoms with Crippen molar-refractivity contribution >= 4 is 29.4 Å². The van der Waals surface area contributed by atoms with E-state index in [2.05, 4.69) is 15.5 Å². The molecule has 7 heteroatoms. The van der Waals surface area contributed by atoms with Crippen molar-refractivity contribution in [1.29, 1.82) is 0 Å². The summed E-state index contributed by atoms with van der Waals surface area (Å²) in [7, 11) is 3.23.